The van der Waals surface area contributed by atoms with Crippen molar-refractivity contribution in [1.29, 1.82) is 0 Å². The van der Waals surface area contributed by atoms with Gasteiger partial charge in [-0.2, -0.15) is 0 Å². The highest BCUT2D eigenvalue weighted by Gasteiger charge is 2.17. The average Bonchev–Trinajstić information content (AvgIpc) is 2.28. The topological polar surface area (TPSA) is 35.0 Å². The number of benzene rings is 1. The first kappa shape index (κ1) is 12.2. The number of nitrogens with zero attached hydrogens (tertiary/aromatic N) is 2. The molecule has 0 radical (unpaired) electrons. The zero-order valence-electron chi connectivity index (χ0n) is 10.5. The first-order valence-electron chi connectivity index (χ1n) is 5.50. The molecule has 1 aromatic carbocycles. The van der Waals surface area contributed by atoms with E-state index < -0.39 is 0 Å². The molecule has 2 rings (SSSR count). The number of methoxy groups -OCH3 is 1. The third kappa shape index (κ3) is 2.69. The Kier molecular flexibility index (Phi) is 3.24. The van der Waals surface area contributed by atoms with Gasteiger partial charge >= 0.3 is 0 Å². The van der Waals surface area contributed by atoms with E-state index in [0.29, 0.717) is 5.88 Å². The fourth-order valence-electron chi connectivity index (χ4n) is 1.57. The molecule has 3 nitrogen and oxygen atoms in total. The van der Waals surface area contributed by atoms with E-state index in [1.807, 2.05) is 18.2 Å². The summed E-state index contributed by atoms with van der Waals surface area (Å²) in [6.07, 6.45) is 0. The molecule has 0 aliphatic rings. The molecule has 1 aromatic heterocycles. The summed E-state index contributed by atoms with van der Waals surface area (Å²) in [4.78, 5) is 0. The maximum absolute atomic E-state index is 5.23. The van der Waals surface area contributed by atoms with Crippen LogP contribution in [0.15, 0.2) is 29.3 Å². The number of hydrogen-bond acceptors (Lipinski definition) is 4. The van der Waals surface area contributed by atoms with Crippen molar-refractivity contribution in [2.75, 3.05) is 7.11 Å². The van der Waals surface area contributed by atoms with Gasteiger partial charge in [-0.05, 0) is 6.07 Å². The van der Waals surface area contributed by atoms with Crippen molar-refractivity contribution >= 4 is 22.5 Å². The Morgan fingerprint density at radius 3 is 2.29 bits per heavy atom. The molecular formula is C13H16N2OS. The van der Waals surface area contributed by atoms with Gasteiger partial charge in [0.2, 0.25) is 5.88 Å². The number of ether oxygens (including phenoxy) is 1. The van der Waals surface area contributed by atoms with Crippen LogP contribution in [0, 0.1) is 0 Å². The van der Waals surface area contributed by atoms with Crippen LogP contribution < -0.4 is 4.74 Å². The van der Waals surface area contributed by atoms with Gasteiger partial charge in [0.1, 0.15) is 5.03 Å². The second-order valence-electron chi connectivity index (χ2n) is 4.77. The molecule has 17 heavy (non-hydrogen) atoms. The molecule has 0 aliphatic heterocycles. The van der Waals surface area contributed by atoms with Crippen LogP contribution in [0.4, 0.5) is 0 Å². The SMILES string of the molecule is COc1nnc(SC(C)(C)C)c2ccccc12. The molecule has 4 heteroatoms. The van der Waals surface area contributed by atoms with Crippen molar-refractivity contribution in [3.8, 4) is 5.88 Å². The van der Waals surface area contributed by atoms with E-state index in [0.717, 1.165) is 15.8 Å². The highest BCUT2D eigenvalue weighted by Crippen LogP contribution is 2.36. The minimum absolute atomic E-state index is 0.117. The molecular weight excluding hydrogens is 232 g/mol. The summed E-state index contributed by atoms with van der Waals surface area (Å²) < 4.78 is 5.35. The van der Waals surface area contributed by atoms with Crippen molar-refractivity contribution in [1.82, 2.24) is 10.2 Å². The molecule has 2 aromatic rings. The van der Waals surface area contributed by atoms with Gasteiger partial charge in [-0.3, -0.25) is 0 Å². The predicted octanol–water partition coefficient (Wildman–Crippen LogP) is 3.53. The van der Waals surface area contributed by atoms with Gasteiger partial charge in [-0.15, -0.1) is 10.2 Å². The smallest absolute Gasteiger partial charge is 0.241 e. The van der Waals surface area contributed by atoms with Crippen LogP contribution in [0.1, 0.15) is 20.8 Å². The Bertz CT molecular complexity index is 534. The van der Waals surface area contributed by atoms with E-state index in [1.54, 1.807) is 18.9 Å². The summed E-state index contributed by atoms with van der Waals surface area (Å²) in [5.41, 5.74) is 0. The number of rotatable bonds is 2. The lowest BCUT2D eigenvalue weighted by molar-refractivity contribution is 0.396. The third-order valence-corrected chi connectivity index (χ3v) is 3.32. The minimum atomic E-state index is 0.117. The quantitative estimate of drug-likeness (QED) is 0.762. The number of thioether (sulfide) groups is 1. The van der Waals surface area contributed by atoms with Crippen molar-refractivity contribution in [3.63, 3.8) is 0 Å². The molecule has 0 spiro atoms. The van der Waals surface area contributed by atoms with Gasteiger partial charge in [0.05, 0.1) is 7.11 Å². The molecule has 1 heterocycles. The third-order valence-electron chi connectivity index (χ3n) is 2.22. The lowest BCUT2D eigenvalue weighted by atomic mass is 10.2. The van der Waals surface area contributed by atoms with E-state index in [2.05, 4.69) is 37.0 Å². The summed E-state index contributed by atoms with van der Waals surface area (Å²) in [7, 11) is 1.62. The monoisotopic (exact) mass is 248 g/mol. The molecule has 90 valence electrons. The maximum atomic E-state index is 5.23. The Labute approximate surface area is 106 Å². The Balaban J connectivity index is 2.59. The van der Waals surface area contributed by atoms with Crippen LogP contribution >= 0.6 is 11.8 Å². The standard InChI is InChI=1S/C13H16N2OS/c1-13(2,3)17-12-10-8-6-5-7-9(10)11(16-4)14-15-12/h5-8H,1-4H3. The lowest BCUT2D eigenvalue weighted by Crippen LogP contribution is -2.08. The lowest BCUT2D eigenvalue weighted by Gasteiger charge is -2.17. The normalized spacial score (nSPS) is 11.8. The number of fused-ring (bicyclic) bond motifs is 1. The zero-order chi connectivity index (χ0) is 12.5. The number of hydrogen-bond donors (Lipinski definition) is 0. The highest BCUT2D eigenvalue weighted by molar-refractivity contribution is 8.00. The highest BCUT2D eigenvalue weighted by atomic mass is 32.2. The van der Waals surface area contributed by atoms with Gasteiger partial charge in [-0.25, -0.2) is 0 Å². The van der Waals surface area contributed by atoms with Crippen LogP contribution in [-0.2, 0) is 0 Å². The molecule has 0 amide bonds. The van der Waals surface area contributed by atoms with Gasteiger partial charge in [0.15, 0.2) is 0 Å². The molecule has 0 unspecified atom stereocenters. The largest absolute Gasteiger partial charge is 0.479 e. The Hall–Kier alpha value is -1.29. The van der Waals surface area contributed by atoms with Crippen molar-refractivity contribution in [3.05, 3.63) is 24.3 Å². The average molecular weight is 248 g/mol. The maximum Gasteiger partial charge on any atom is 0.241 e. The zero-order valence-corrected chi connectivity index (χ0v) is 11.3. The van der Waals surface area contributed by atoms with Crippen LogP contribution in [0.2, 0.25) is 0 Å². The van der Waals surface area contributed by atoms with E-state index in [9.17, 15) is 0 Å². The van der Waals surface area contributed by atoms with E-state index in [4.69, 9.17) is 4.74 Å². The minimum Gasteiger partial charge on any atom is -0.479 e. The van der Waals surface area contributed by atoms with Crippen molar-refractivity contribution in [2.45, 2.75) is 30.5 Å². The summed E-state index contributed by atoms with van der Waals surface area (Å²) in [5, 5.41) is 11.4. The molecule has 0 N–H and O–H groups in total. The van der Waals surface area contributed by atoms with Crippen molar-refractivity contribution < 1.29 is 4.74 Å². The van der Waals surface area contributed by atoms with Gasteiger partial charge in [0.25, 0.3) is 0 Å². The van der Waals surface area contributed by atoms with Gasteiger partial charge < -0.3 is 4.74 Å². The molecule has 0 fully saturated rings. The summed E-state index contributed by atoms with van der Waals surface area (Å²) in [6, 6.07) is 8.06. The summed E-state index contributed by atoms with van der Waals surface area (Å²) in [5.74, 6) is 0.582. The molecule has 0 saturated heterocycles. The summed E-state index contributed by atoms with van der Waals surface area (Å²) in [6.45, 7) is 6.50. The molecule has 0 saturated carbocycles. The Morgan fingerprint density at radius 1 is 1.06 bits per heavy atom. The van der Waals surface area contributed by atoms with E-state index >= 15 is 0 Å². The predicted molar refractivity (Wildman–Crippen MR) is 71.7 cm³/mol. The summed E-state index contributed by atoms with van der Waals surface area (Å²) >= 11 is 1.72. The molecule has 0 aliphatic carbocycles. The van der Waals surface area contributed by atoms with Gasteiger partial charge in [-0.1, -0.05) is 50.7 Å². The second-order valence-corrected chi connectivity index (χ2v) is 6.59. The fourth-order valence-corrected chi connectivity index (χ4v) is 2.52. The second kappa shape index (κ2) is 4.53. The first-order valence-corrected chi connectivity index (χ1v) is 6.31. The van der Waals surface area contributed by atoms with Crippen LogP contribution in [-0.4, -0.2) is 22.1 Å². The molecule has 0 atom stereocenters. The van der Waals surface area contributed by atoms with E-state index in [-0.39, 0.29) is 4.75 Å². The van der Waals surface area contributed by atoms with Crippen molar-refractivity contribution in [2.24, 2.45) is 0 Å². The van der Waals surface area contributed by atoms with E-state index in [1.165, 1.54) is 0 Å². The van der Waals surface area contributed by atoms with Crippen LogP contribution in [0.25, 0.3) is 10.8 Å². The van der Waals surface area contributed by atoms with Crippen LogP contribution in [0.3, 0.4) is 0 Å². The van der Waals surface area contributed by atoms with Gasteiger partial charge in [0, 0.05) is 15.5 Å². The van der Waals surface area contributed by atoms with Crippen LogP contribution in [0.5, 0.6) is 5.88 Å². The molecule has 0 bridgehead atoms. The Morgan fingerprint density at radius 2 is 1.71 bits per heavy atom. The first-order chi connectivity index (χ1) is 8.01. The fraction of sp³-hybridized carbons (Fsp3) is 0.385. The number of aromatic nitrogens is 2.